The zero-order valence-corrected chi connectivity index (χ0v) is 14.5. The molecule has 0 saturated carbocycles. The first-order valence-corrected chi connectivity index (χ1v) is 8.46. The number of nitrogens with two attached hydrogens (primary N) is 1. The highest BCUT2D eigenvalue weighted by Gasteiger charge is 2.21. The number of carbonyl (C=O) groups is 2. The summed E-state index contributed by atoms with van der Waals surface area (Å²) >= 11 is 0. The highest BCUT2D eigenvalue weighted by molar-refractivity contribution is 6.03. The lowest BCUT2D eigenvalue weighted by atomic mass is 10.0. The molecule has 5 heteroatoms. The molecule has 0 fully saturated rings. The second-order valence-electron chi connectivity index (χ2n) is 5.99. The fourth-order valence-electron chi connectivity index (χ4n) is 2.87. The number of quaternary nitrogens is 1. The standard InChI is InChI=1S/C21H20N2O3/c1-15(24)17-10-5-6-11-18(17)23-20(25)14-22-21(19-12-7-13-26-19)16-8-3-2-4-9-16/h2-13,21-22H,14H2,1H3,(H,23,25)/p+1/t21-/m1/s1. The summed E-state index contributed by atoms with van der Waals surface area (Å²) in [7, 11) is 0. The van der Waals surface area contributed by atoms with Gasteiger partial charge in [-0.1, -0.05) is 42.5 Å². The van der Waals surface area contributed by atoms with E-state index in [0.29, 0.717) is 11.3 Å². The third kappa shape index (κ3) is 4.26. The predicted molar refractivity (Wildman–Crippen MR) is 98.9 cm³/mol. The molecule has 0 bridgehead atoms. The molecule has 26 heavy (non-hydrogen) atoms. The zero-order chi connectivity index (χ0) is 18.4. The molecule has 1 heterocycles. The van der Waals surface area contributed by atoms with Crippen LogP contribution < -0.4 is 10.6 Å². The normalized spacial score (nSPS) is 11.7. The van der Waals surface area contributed by atoms with Gasteiger partial charge in [0.05, 0.1) is 12.0 Å². The molecule has 3 rings (SSSR count). The van der Waals surface area contributed by atoms with Gasteiger partial charge < -0.3 is 15.1 Å². The minimum Gasteiger partial charge on any atom is -0.463 e. The van der Waals surface area contributed by atoms with Crippen LogP contribution in [0, 0.1) is 0 Å². The number of anilines is 1. The van der Waals surface area contributed by atoms with E-state index in [1.807, 2.05) is 47.8 Å². The Morgan fingerprint density at radius 1 is 1.00 bits per heavy atom. The van der Waals surface area contributed by atoms with E-state index >= 15 is 0 Å². The maximum absolute atomic E-state index is 12.4. The van der Waals surface area contributed by atoms with Crippen LogP contribution >= 0.6 is 0 Å². The maximum Gasteiger partial charge on any atom is 0.279 e. The number of ketones is 1. The van der Waals surface area contributed by atoms with Crippen molar-refractivity contribution in [2.75, 3.05) is 11.9 Å². The molecule has 0 saturated heterocycles. The number of nitrogens with one attached hydrogen (secondary N) is 1. The fraction of sp³-hybridized carbons (Fsp3) is 0.143. The van der Waals surface area contributed by atoms with Crippen molar-refractivity contribution in [2.45, 2.75) is 13.0 Å². The molecule has 132 valence electrons. The summed E-state index contributed by atoms with van der Waals surface area (Å²) in [6.07, 6.45) is 1.63. The van der Waals surface area contributed by atoms with Crippen molar-refractivity contribution in [1.82, 2.24) is 0 Å². The lowest BCUT2D eigenvalue weighted by molar-refractivity contribution is -0.678. The molecular weight excluding hydrogens is 328 g/mol. The van der Waals surface area contributed by atoms with Crippen molar-refractivity contribution in [3.05, 3.63) is 89.9 Å². The minimum atomic E-state index is -0.175. The number of hydrogen-bond acceptors (Lipinski definition) is 3. The van der Waals surface area contributed by atoms with Gasteiger partial charge in [0.25, 0.3) is 5.91 Å². The molecule has 0 unspecified atom stereocenters. The average molecular weight is 349 g/mol. The van der Waals surface area contributed by atoms with Crippen LogP contribution in [-0.4, -0.2) is 18.2 Å². The number of hydrogen-bond donors (Lipinski definition) is 2. The monoisotopic (exact) mass is 349 g/mol. The largest absolute Gasteiger partial charge is 0.463 e. The molecule has 0 aliphatic heterocycles. The molecule has 0 aliphatic carbocycles. The molecule has 0 aliphatic rings. The molecule has 2 aromatic carbocycles. The molecule has 5 nitrogen and oxygen atoms in total. The van der Waals surface area contributed by atoms with Gasteiger partial charge in [0.1, 0.15) is 0 Å². The second kappa shape index (κ2) is 8.27. The summed E-state index contributed by atoms with van der Waals surface area (Å²) in [5.41, 5.74) is 2.10. The molecule has 1 aromatic heterocycles. The SMILES string of the molecule is CC(=O)c1ccccc1NC(=O)C[NH2+][C@H](c1ccccc1)c1ccco1. The van der Waals surface area contributed by atoms with Gasteiger partial charge in [0.15, 0.2) is 24.1 Å². The molecule has 1 atom stereocenters. The smallest absolute Gasteiger partial charge is 0.279 e. The number of Topliss-reactive ketones (excluding diaryl/α,β-unsaturated/α-hetero) is 1. The molecule has 3 aromatic rings. The number of amides is 1. The van der Waals surface area contributed by atoms with Gasteiger partial charge in [-0.15, -0.1) is 0 Å². The maximum atomic E-state index is 12.4. The van der Waals surface area contributed by atoms with E-state index in [0.717, 1.165) is 11.3 Å². The number of para-hydroxylation sites is 1. The Morgan fingerprint density at radius 2 is 1.73 bits per heavy atom. The van der Waals surface area contributed by atoms with E-state index in [9.17, 15) is 9.59 Å². The van der Waals surface area contributed by atoms with E-state index in [1.54, 1.807) is 30.5 Å². The topological polar surface area (TPSA) is 75.9 Å². The first-order valence-electron chi connectivity index (χ1n) is 8.46. The summed E-state index contributed by atoms with van der Waals surface area (Å²) in [4.78, 5) is 24.1. The van der Waals surface area contributed by atoms with Crippen LogP contribution in [0.2, 0.25) is 0 Å². The summed E-state index contributed by atoms with van der Waals surface area (Å²) in [5, 5.41) is 4.74. The Hall–Kier alpha value is -3.18. The van der Waals surface area contributed by atoms with Crippen LogP contribution in [0.25, 0.3) is 0 Å². The van der Waals surface area contributed by atoms with E-state index in [1.165, 1.54) is 6.92 Å². The highest BCUT2D eigenvalue weighted by atomic mass is 16.3. The quantitative estimate of drug-likeness (QED) is 0.644. The Bertz CT molecular complexity index is 873. The van der Waals surface area contributed by atoms with Crippen molar-refractivity contribution in [3.8, 4) is 0 Å². The van der Waals surface area contributed by atoms with Gasteiger partial charge in [-0.25, -0.2) is 0 Å². The third-order valence-electron chi connectivity index (χ3n) is 4.13. The Morgan fingerprint density at radius 3 is 2.42 bits per heavy atom. The second-order valence-corrected chi connectivity index (χ2v) is 5.99. The van der Waals surface area contributed by atoms with Gasteiger partial charge in [0, 0.05) is 11.1 Å². The Labute approximate surface area is 152 Å². The highest BCUT2D eigenvalue weighted by Crippen LogP contribution is 2.18. The van der Waals surface area contributed by atoms with Crippen molar-refractivity contribution in [2.24, 2.45) is 0 Å². The van der Waals surface area contributed by atoms with Crippen LogP contribution in [-0.2, 0) is 4.79 Å². The predicted octanol–water partition coefficient (Wildman–Crippen LogP) is 2.77. The van der Waals surface area contributed by atoms with Gasteiger partial charge in [-0.05, 0) is 31.2 Å². The van der Waals surface area contributed by atoms with Crippen LogP contribution in [0.5, 0.6) is 0 Å². The van der Waals surface area contributed by atoms with E-state index < -0.39 is 0 Å². The fourth-order valence-corrected chi connectivity index (χ4v) is 2.87. The average Bonchev–Trinajstić information content (AvgIpc) is 3.17. The number of furan rings is 1. The lowest BCUT2D eigenvalue weighted by Crippen LogP contribution is -2.87. The van der Waals surface area contributed by atoms with E-state index in [4.69, 9.17) is 4.42 Å². The molecule has 1 amide bonds. The van der Waals surface area contributed by atoms with Gasteiger partial charge in [0.2, 0.25) is 0 Å². The van der Waals surface area contributed by atoms with E-state index in [2.05, 4.69) is 5.32 Å². The molecule has 3 N–H and O–H groups in total. The van der Waals surface area contributed by atoms with Crippen molar-refractivity contribution in [3.63, 3.8) is 0 Å². The van der Waals surface area contributed by atoms with Crippen molar-refractivity contribution >= 4 is 17.4 Å². The molecule has 0 radical (unpaired) electrons. The zero-order valence-electron chi connectivity index (χ0n) is 14.5. The van der Waals surface area contributed by atoms with E-state index in [-0.39, 0.29) is 24.3 Å². The first-order chi connectivity index (χ1) is 12.6. The van der Waals surface area contributed by atoms with Crippen LogP contribution in [0.15, 0.2) is 77.4 Å². The Balaban J connectivity index is 1.70. The summed E-state index contributed by atoms with van der Waals surface area (Å²) in [6.45, 7) is 1.69. The van der Waals surface area contributed by atoms with Crippen LogP contribution in [0.1, 0.15) is 34.6 Å². The third-order valence-corrected chi connectivity index (χ3v) is 4.13. The number of benzene rings is 2. The Kier molecular flexibility index (Phi) is 5.61. The van der Waals surface area contributed by atoms with Gasteiger partial charge in [-0.2, -0.15) is 0 Å². The van der Waals surface area contributed by atoms with Gasteiger partial charge in [-0.3, -0.25) is 9.59 Å². The molecular formula is C21H21N2O3+. The summed E-state index contributed by atoms with van der Waals surface area (Å²) < 4.78 is 5.54. The summed E-state index contributed by atoms with van der Waals surface area (Å²) in [6, 6.07) is 20.5. The summed E-state index contributed by atoms with van der Waals surface area (Å²) in [5.74, 6) is 0.530. The lowest BCUT2D eigenvalue weighted by Gasteiger charge is -2.14. The number of carbonyl (C=O) groups excluding carboxylic acids is 2. The minimum absolute atomic E-state index is 0.0809. The van der Waals surface area contributed by atoms with Crippen molar-refractivity contribution < 1.29 is 19.3 Å². The van der Waals surface area contributed by atoms with Crippen LogP contribution in [0.4, 0.5) is 5.69 Å². The van der Waals surface area contributed by atoms with Crippen molar-refractivity contribution in [1.29, 1.82) is 0 Å². The molecule has 0 spiro atoms. The van der Waals surface area contributed by atoms with Gasteiger partial charge >= 0.3 is 0 Å². The number of rotatable bonds is 7. The van der Waals surface area contributed by atoms with Crippen LogP contribution in [0.3, 0.4) is 0 Å². The first kappa shape index (κ1) is 17.6.